The Bertz CT molecular complexity index is 1510. The lowest BCUT2D eigenvalue weighted by Crippen LogP contribution is -2.01. The van der Waals surface area contributed by atoms with Crippen LogP contribution in [0.1, 0.15) is 0 Å². The third kappa shape index (κ3) is 2.40. The molecule has 0 bridgehead atoms. The number of nitrogens with zero attached hydrogens (tertiary/aromatic N) is 3. The van der Waals surface area contributed by atoms with Crippen LogP contribution in [0.2, 0.25) is 0 Å². The zero-order valence-corrected chi connectivity index (χ0v) is 16.0. The van der Waals surface area contributed by atoms with Crippen molar-refractivity contribution in [3.8, 4) is 22.8 Å². The average Bonchev–Trinajstić information content (AvgIpc) is 3.16. The molecule has 4 aromatic carbocycles. The molecule has 0 atom stereocenters. The van der Waals surface area contributed by atoms with E-state index in [0.29, 0.717) is 11.4 Å². The summed E-state index contributed by atoms with van der Waals surface area (Å²) >= 11 is 0. The highest BCUT2D eigenvalue weighted by Gasteiger charge is 2.20. The largest absolute Gasteiger partial charge is 0.507 e. The van der Waals surface area contributed by atoms with Gasteiger partial charge in [-0.2, -0.15) is 0 Å². The fourth-order valence-electron chi connectivity index (χ4n) is 4.20. The van der Waals surface area contributed by atoms with Crippen LogP contribution >= 0.6 is 0 Å². The molecule has 1 N–H and O–H groups in total. The topological polar surface area (TPSA) is 50.9 Å². The van der Waals surface area contributed by atoms with Crippen molar-refractivity contribution in [3.63, 3.8) is 0 Å². The van der Waals surface area contributed by atoms with E-state index in [1.54, 1.807) is 12.3 Å². The monoisotopic (exact) mass is 387 g/mol. The van der Waals surface area contributed by atoms with Crippen LogP contribution in [0.15, 0.2) is 97.2 Å². The second-order valence-corrected chi connectivity index (χ2v) is 7.30. The minimum Gasteiger partial charge on any atom is -0.507 e. The third-order valence-corrected chi connectivity index (χ3v) is 5.53. The van der Waals surface area contributed by atoms with E-state index in [2.05, 4.69) is 52.0 Å². The van der Waals surface area contributed by atoms with Gasteiger partial charge in [0.1, 0.15) is 11.3 Å². The molecule has 0 fully saturated rings. The number of fused-ring (bicyclic) bond motifs is 3. The van der Waals surface area contributed by atoms with Crippen LogP contribution in [-0.4, -0.2) is 19.6 Å². The first-order valence-electron chi connectivity index (χ1n) is 9.84. The van der Waals surface area contributed by atoms with E-state index in [4.69, 9.17) is 4.98 Å². The Morgan fingerprint density at radius 3 is 2.10 bits per heavy atom. The fourth-order valence-corrected chi connectivity index (χ4v) is 4.20. The SMILES string of the molecule is Oc1ccccc1-c1nc2cccnc2n1-c1c2ccccc2cc2ccccc12. The number of aromatic nitrogens is 3. The highest BCUT2D eigenvalue weighted by Crippen LogP contribution is 2.38. The molecular weight excluding hydrogens is 370 g/mol. The Morgan fingerprint density at radius 2 is 1.37 bits per heavy atom. The summed E-state index contributed by atoms with van der Waals surface area (Å²) in [5.74, 6) is 0.863. The zero-order valence-electron chi connectivity index (χ0n) is 16.0. The standard InChI is InChI=1S/C26H17N3O/c30-23-14-6-5-12-21(23)25-28-22-13-7-15-27-26(22)29(25)24-19-10-3-1-8-17(19)16-18-9-2-4-11-20(18)24/h1-16,30H. The number of rotatable bonds is 2. The average molecular weight is 387 g/mol. The summed E-state index contributed by atoms with van der Waals surface area (Å²) in [6, 6.07) is 30.0. The van der Waals surface area contributed by atoms with Gasteiger partial charge in [0.15, 0.2) is 11.5 Å². The van der Waals surface area contributed by atoms with Gasteiger partial charge in [-0.25, -0.2) is 9.97 Å². The molecule has 0 saturated carbocycles. The van der Waals surface area contributed by atoms with Crippen molar-refractivity contribution in [1.29, 1.82) is 0 Å². The lowest BCUT2D eigenvalue weighted by molar-refractivity contribution is 0.477. The number of imidazole rings is 1. The van der Waals surface area contributed by atoms with Gasteiger partial charge in [0, 0.05) is 17.0 Å². The predicted molar refractivity (Wildman–Crippen MR) is 121 cm³/mol. The van der Waals surface area contributed by atoms with E-state index >= 15 is 0 Å². The Hall–Kier alpha value is -4.18. The number of hydrogen-bond donors (Lipinski definition) is 1. The Balaban J connectivity index is 1.86. The molecule has 4 heteroatoms. The Morgan fingerprint density at radius 1 is 0.700 bits per heavy atom. The lowest BCUT2D eigenvalue weighted by Gasteiger charge is -2.16. The third-order valence-electron chi connectivity index (χ3n) is 5.53. The highest BCUT2D eigenvalue weighted by molar-refractivity contribution is 6.08. The Kier molecular flexibility index (Phi) is 3.59. The van der Waals surface area contributed by atoms with Crippen molar-refractivity contribution in [2.24, 2.45) is 0 Å². The molecule has 6 aromatic rings. The molecule has 2 aromatic heterocycles. The molecule has 0 unspecified atom stereocenters. The van der Waals surface area contributed by atoms with Crippen LogP contribution in [-0.2, 0) is 0 Å². The summed E-state index contributed by atoms with van der Waals surface area (Å²) in [5, 5.41) is 15.1. The van der Waals surface area contributed by atoms with E-state index < -0.39 is 0 Å². The summed E-state index contributed by atoms with van der Waals surface area (Å²) in [7, 11) is 0. The molecule has 0 saturated heterocycles. The van der Waals surface area contributed by atoms with Gasteiger partial charge in [-0.15, -0.1) is 0 Å². The van der Waals surface area contributed by atoms with Crippen molar-refractivity contribution in [1.82, 2.24) is 14.5 Å². The maximum Gasteiger partial charge on any atom is 0.164 e. The number of aromatic hydroxyl groups is 1. The summed E-state index contributed by atoms with van der Waals surface area (Å²) < 4.78 is 2.08. The minimum absolute atomic E-state index is 0.193. The molecule has 2 heterocycles. The first-order chi connectivity index (χ1) is 14.8. The summed E-state index contributed by atoms with van der Waals surface area (Å²) in [6.45, 7) is 0. The maximum absolute atomic E-state index is 10.6. The van der Waals surface area contributed by atoms with Gasteiger partial charge in [-0.3, -0.25) is 4.57 Å². The molecule has 0 spiro atoms. The van der Waals surface area contributed by atoms with Crippen molar-refractivity contribution < 1.29 is 5.11 Å². The van der Waals surface area contributed by atoms with Crippen LogP contribution < -0.4 is 0 Å². The minimum atomic E-state index is 0.193. The van der Waals surface area contributed by atoms with E-state index in [1.165, 1.54) is 0 Å². The molecule has 0 aliphatic heterocycles. The van der Waals surface area contributed by atoms with Gasteiger partial charge in [0.2, 0.25) is 0 Å². The molecule has 142 valence electrons. The van der Waals surface area contributed by atoms with Crippen LogP contribution in [0.25, 0.3) is 49.8 Å². The van der Waals surface area contributed by atoms with Crippen LogP contribution in [0, 0.1) is 0 Å². The number of phenolic OH excluding ortho intramolecular Hbond substituents is 1. The molecular formula is C26H17N3O. The first-order valence-corrected chi connectivity index (χ1v) is 9.84. The predicted octanol–water partition coefficient (Wildman–Crippen LogP) is 6.10. The first kappa shape index (κ1) is 16.7. The molecule has 0 aliphatic carbocycles. The summed E-state index contributed by atoms with van der Waals surface area (Å²) in [4.78, 5) is 9.54. The smallest absolute Gasteiger partial charge is 0.164 e. The summed E-state index contributed by atoms with van der Waals surface area (Å²) in [6.07, 6.45) is 1.78. The number of phenols is 1. The molecule has 0 aliphatic rings. The van der Waals surface area contributed by atoms with Gasteiger partial charge < -0.3 is 5.11 Å². The number of benzene rings is 4. The second kappa shape index (κ2) is 6.42. The van der Waals surface area contributed by atoms with E-state index in [-0.39, 0.29) is 5.75 Å². The zero-order chi connectivity index (χ0) is 20.1. The van der Waals surface area contributed by atoms with Crippen molar-refractivity contribution in [2.45, 2.75) is 0 Å². The van der Waals surface area contributed by atoms with Gasteiger partial charge in [0.25, 0.3) is 0 Å². The van der Waals surface area contributed by atoms with Crippen molar-refractivity contribution >= 4 is 32.7 Å². The molecule has 6 rings (SSSR count). The number of pyridine rings is 1. The highest BCUT2D eigenvalue weighted by atomic mass is 16.3. The van der Waals surface area contributed by atoms with Gasteiger partial charge >= 0.3 is 0 Å². The van der Waals surface area contributed by atoms with Gasteiger partial charge in [0.05, 0.1) is 11.3 Å². The van der Waals surface area contributed by atoms with Crippen LogP contribution in [0.5, 0.6) is 5.75 Å². The second-order valence-electron chi connectivity index (χ2n) is 7.30. The summed E-state index contributed by atoms with van der Waals surface area (Å²) in [5.41, 5.74) is 3.24. The van der Waals surface area contributed by atoms with E-state index in [9.17, 15) is 5.11 Å². The van der Waals surface area contributed by atoms with Crippen molar-refractivity contribution in [3.05, 3.63) is 97.2 Å². The maximum atomic E-state index is 10.6. The molecule has 4 nitrogen and oxygen atoms in total. The van der Waals surface area contributed by atoms with Gasteiger partial charge in [-0.1, -0.05) is 60.7 Å². The van der Waals surface area contributed by atoms with Gasteiger partial charge in [-0.05, 0) is 41.1 Å². The normalized spacial score (nSPS) is 11.5. The van der Waals surface area contributed by atoms with E-state index in [1.807, 2.05) is 42.5 Å². The fraction of sp³-hybridized carbons (Fsp3) is 0. The quantitative estimate of drug-likeness (QED) is 0.365. The Labute approximate surface area is 172 Å². The van der Waals surface area contributed by atoms with Crippen LogP contribution in [0.3, 0.4) is 0 Å². The van der Waals surface area contributed by atoms with Crippen molar-refractivity contribution in [2.75, 3.05) is 0 Å². The van der Waals surface area contributed by atoms with Crippen LogP contribution in [0.4, 0.5) is 0 Å². The number of para-hydroxylation sites is 1. The number of hydrogen-bond acceptors (Lipinski definition) is 3. The van der Waals surface area contributed by atoms with E-state index in [0.717, 1.165) is 38.4 Å². The molecule has 0 amide bonds. The lowest BCUT2D eigenvalue weighted by atomic mass is 10.0. The molecule has 30 heavy (non-hydrogen) atoms. The molecule has 0 radical (unpaired) electrons.